The van der Waals surface area contributed by atoms with Crippen LogP contribution in [0.1, 0.15) is 92.1 Å². The van der Waals surface area contributed by atoms with Crippen LogP contribution in [-0.2, 0) is 27.5 Å². The fourth-order valence-corrected chi connectivity index (χ4v) is 7.90. The third-order valence-corrected chi connectivity index (χ3v) is 11.3. The summed E-state index contributed by atoms with van der Waals surface area (Å²) < 4.78 is 95.5. The number of carbonyl (C=O) groups excluding carboxylic acids is 2. The molecule has 0 saturated carbocycles. The summed E-state index contributed by atoms with van der Waals surface area (Å²) in [5.41, 5.74) is -6.07. The van der Waals surface area contributed by atoms with Crippen molar-refractivity contribution in [2.24, 2.45) is 5.41 Å². The fraction of sp³-hybridized carbons (Fsp3) is 0.526. The average Bonchev–Trinajstić information content (AvgIpc) is 3.61. The van der Waals surface area contributed by atoms with E-state index in [1.54, 1.807) is 45.0 Å². The van der Waals surface area contributed by atoms with Crippen LogP contribution in [-0.4, -0.2) is 80.7 Å². The molecule has 2 amide bonds. The molecular weight excluding hydrogens is 756 g/mol. The van der Waals surface area contributed by atoms with Crippen LogP contribution in [0.3, 0.4) is 0 Å². The summed E-state index contributed by atoms with van der Waals surface area (Å²) in [4.78, 5) is 45.8. The lowest BCUT2D eigenvalue weighted by Crippen LogP contribution is -2.68. The molecule has 3 aromatic rings. The molecule has 0 aliphatic carbocycles. The van der Waals surface area contributed by atoms with E-state index in [-0.39, 0.29) is 70.5 Å². The van der Waals surface area contributed by atoms with E-state index < -0.39 is 68.8 Å². The second-order valence-corrected chi connectivity index (χ2v) is 15.5. The van der Waals surface area contributed by atoms with E-state index in [9.17, 15) is 50.9 Å². The Bertz CT molecular complexity index is 1860. The van der Waals surface area contributed by atoms with Crippen LogP contribution in [0.4, 0.5) is 26.3 Å². The largest absolute Gasteiger partial charge is 0.493 e. The molecule has 17 heteroatoms. The Kier molecular flexibility index (Phi) is 12.2. The number of aromatic nitrogens is 1. The number of carbonyl (C=O) groups is 3. The quantitative estimate of drug-likeness (QED) is 0.178. The molecule has 2 atom stereocenters. The van der Waals surface area contributed by atoms with Gasteiger partial charge >= 0.3 is 18.3 Å². The first-order chi connectivity index (χ1) is 25.7. The summed E-state index contributed by atoms with van der Waals surface area (Å²) in [6.07, 6.45) is -7.28. The molecular formula is C38H43F6N3O7S. The number of rotatable bonds is 12. The lowest BCUT2D eigenvalue weighted by Gasteiger charge is -2.51. The maximum atomic E-state index is 14.9. The van der Waals surface area contributed by atoms with Gasteiger partial charge in [-0.05, 0) is 58.1 Å². The lowest BCUT2D eigenvalue weighted by atomic mass is 9.78. The van der Waals surface area contributed by atoms with E-state index in [1.807, 2.05) is 0 Å². The summed E-state index contributed by atoms with van der Waals surface area (Å²) in [6, 6.07) is 6.97. The third-order valence-electron chi connectivity index (χ3n) is 10.4. The van der Waals surface area contributed by atoms with Gasteiger partial charge in [-0.2, -0.15) is 26.3 Å². The fourth-order valence-electron chi connectivity index (χ4n) is 7.22. The Morgan fingerprint density at radius 1 is 1.00 bits per heavy atom. The minimum absolute atomic E-state index is 0.00178. The first-order valence-electron chi connectivity index (χ1n) is 17.9. The number of aliphatic hydroxyl groups is 1. The molecule has 2 saturated heterocycles. The number of likely N-dealkylation sites (tertiary alicyclic amines) is 2. The maximum absolute atomic E-state index is 14.9. The van der Waals surface area contributed by atoms with Crippen molar-refractivity contribution in [3.8, 4) is 11.5 Å². The molecule has 2 fully saturated rings. The molecule has 2 N–H and O–H groups in total. The van der Waals surface area contributed by atoms with Crippen molar-refractivity contribution >= 4 is 29.1 Å². The van der Waals surface area contributed by atoms with Crippen molar-refractivity contribution in [3.63, 3.8) is 0 Å². The highest BCUT2D eigenvalue weighted by Crippen LogP contribution is 2.44. The molecule has 2 aliphatic rings. The molecule has 1 aromatic carbocycles. The van der Waals surface area contributed by atoms with E-state index in [4.69, 9.17) is 9.47 Å². The Morgan fingerprint density at radius 2 is 1.69 bits per heavy atom. The molecule has 0 spiro atoms. The number of alkyl halides is 6. The maximum Gasteiger partial charge on any atom is 0.425 e. The Hall–Kier alpha value is -4.38. The number of thiophene rings is 1. The number of piperidine rings is 2. The number of halogens is 6. The molecule has 0 unspecified atom stereocenters. The summed E-state index contributed by atoms with van der Waals surface area (Å²) in [7, 11) is 0. The number of ether oxygens (including phenoxy) is 2. The molecule has 0 radical (unpaired) electrons. The topological polar surface area (TPSA) is 130 Å². The number of carboxylic acid groups (broad SMARTS) is 1. The number of amides is 2. The number of benzene rings is 1. The molecule has 5 rings (SSSR count). The van der Waals surface area contributed by atoms with Crippen LogP contribution in [0, 0.1) is 5.41 Å². The molecule has 10 nitrogen and oxygen atoms in total. The van der Waals surface area contributed by atoms with Gasteiger partial charge in [-0.1, -0.05) is 31.5 Å². The smallest absolute Gasteiger partial charge is 0.425 e. The minimum Gasteiger partial charge on any atom is -0.493 e. The number of carboxylic acids is 1. The summed E-state index contributed by atoms with van der Waals surface area (Å²) in [5.74, 6) is -2.65. The number of hydrogen-bond acceptors (Lipinski definition) is 8. The molecule has 0 bridgehead atoms. The highest BCUT2D eigenvalue weighted by atomic mass is 32.1. The van der Waals surface area contributed by atoms with Crippen molar-refractivity contribution in [1.29, 1.82) is 0 Å². The number of hydrogen-bond donors (Lipinski definition) is 2. The SMILES string of the molecule is CCC[C@H]1N(C(=O)c2cnccc2C(F)(F)F)CCC[C@@]1(Oc1csc(C(F)(F)F)c1)C(=O)N1CCC(O)(c2ccccc2OCCC(C)(C)C(=O)O)CC1. The van der Waals surface area contributed by atoms with E-state index in [0.29, 0.717) is 35.1 Å². The number of aliphatic carboxylic acids is 1. The van der Waals surface area contributed by atoms with Crippen LogP contribution < -0.4 is 9.47 Å². The van der Waals surface area contributed by atoms with Gasteiger partial charge in [0, 0.05) is 55.5 Å². The van der Waals surface area contributed by atoms with Crippen LogP contribution in [0.15, 0.2) is 54.2 Å². The van der Waals surface area contributed by atoms with E-state index in [1.165, 1.54) is 4.90 Å². The summed E-state index contributed by atoms with van der Waals surface area (Å²) in [6.45, 7) is 4.78. The van der Waals surface area contributed by atoms with Gasteiger partial charge in [-0.15, -0.1) is 11.3 Å². The van der Waals surface area contributed by atoms with Crippen molar-refractivity contribution in [2.45, 2.75) is 95.3 Å². The van der Waals surface area contributed by atoms with Crippen molar-refractivity contribution < 1.29 is 60.4 Å². The zero-order chi connectivity index (χ0) is 40.4. The first kappa shape index (κ1) is 41.8. The third kappa shape index (κ3) is 8.87. The Labute approximate surface area is 318 Å². The average molecular weight is 800 g/mol. The van der Waals surface area contributed by atoms with Gasteiger partial charge in [0.25, 0.3) is 11.8 Å². The molecule has 4 heterocycles. The van der Waals surface area contributed by atoms with Gasteiger partial charge in [0.2, 0.25) is 5.60 Å². The van der Waals surface area contributed by atoms with Crippen LogP contribution in [0.5, 0.6) is 11.5 Å². The number of nitrogens with zero attached hydrogens (tertiary/aromatic N) is 3. The van der Waals surface area contributed by atoms with Gasteiger partial charge in [0.15, 0.2) is 0 Å². The van der Waals surface area contributed by atoms with Gasteiger partial charge in [0.1, 0.15) is 16.4 Å². The molecule has 2 aliphatic heterocycles. The van der Waals surface area contributed by atoms with Crippen LogP contribution in [0.2, 0.25) is 0 Å². The van der Waals surface area contributed by atoms with Crippen LogP contribution >= 0.6 is 11.3 Å². The van der Waals surface area contributed by atoms with E-state index in [0.717, 1.165) is 28.7 Å². The zero-order valence-corrected chi connectivity index (χ0v) is 31.3. The standard InChI is InChI=1S/C38H43F6N3O7S/c1-4-8-29-36(54-24-21-30(55-23-24)38(42,43)44,12-7-17-47(29)31(48)25-22-45-16-11-26(25)37(39,40)41)32(49)46-18-13-35(52,14-19-46)27-9-5-6-10-28(27)53-20-15-34(2,3)33(50)51/h5-6,9-11,16,21-23,29,52H,4,7-8,12-15,17-20H2,1-3H3,(H,50,51)/t29-,36+/m1/s1. The lowest BCUT2D eigenvalue weighted by molar-refractivity contribution is -0.163. The monoisotopic (exact) mass is 799 g/mol. The molecule has 2 aromatic heterocycles. The predicted molar refractivity (Wildman–Crippen MR) is 189 cm³/mol. The zero-order valence-electron chi connectivity index (χ0n) is 30.5. The highest BCUT2D eigenvalue weighted by molar-refractivity contribution is 7.10. The second-order valence-electron chi connectivity index (χ2n) is 14.6. The number of pyridine rings is 1. The molecule has 300 valence electrons. The van der Waals surface area contributed by atoms with E-state index in [2.05, 4.69) is 4.98 Å². The predicted octanol–water partition coefficient (Wildman–Crippen LogP) is 7.79. The highest BCUT2D eigenvalue weighted by Gasteiger charge is 2.56. The van der Waals surface area contributed by atoms with Crippen molar-refractivity contribution in [1.82, 2.24) is 14.8 Å². The Balaban J connectivity index is 1.47. The van der Waals surface area contributed by atoms with Gasteiger partial charge in [0.05, 0.1) is 34.8 Å². The number of para-hydroxylation sites is 1. The second kappa shape index (κ2) is 16.0. The molecule has 55 heavy (non-hydrogen) atoms. The van der Waals surface area contributed by atoms with Gasteiger partial charge < -0.3 is 29.5 Å². The van der Waals surface area contributed by atoms with Crippen LogP contribution in [0.25, 0.3) is 0 Å². The van der Waals surface area contributed by atoms with Crippen molar-refractivity contribution in [3.05, 3.63) is 75.7 Å². The van der Waals surface area contributed by atoms with Gasteiger partial charge in [-0.3, -0.25) is 19.4 Å². The summed E-state index contributed by atoms with van der Waals surface area (Å²) in [5, 5.41) is 22.5. The van der Waals surface area contributed by atoms with Crippen molar-refractivity contribution in [2.75, 3.05) is 26.2 Å². The van der Waals surface area contributed by atoms with Gasteiger partial charge in [-0.25, -0.2) is 0 Å². The minimum atomic E-state index is -4.90. The Morgan fingerprint density at radius 3 is 2.31 bits per heavy atom. The normalized spacial score (nSPS) is 20.6. The first-order valence-corrected chi connectivity index (χ1v) is 18.8. The summed E-state index contributed by atoms with van der Waals surface area (Å²) >= 11 is 0.358. The van der Waals surface area contributed by atoms with E-state index >= 15 is 0 Å².